The van der Waals surface area contributed by atoms with Crippen molar-refractivity contribution in [2.45, 2.75) is 32.0 Å². The molecular formula is C15H21BrN2O2. The molecule has 0 fully saturated rings. The van der Waals surface area contributed by atoms with Crippen LogP contribution in [0.2, 0.25) is 0 Å². The molecule has 2 N–H and O–H groups in total. The molecule has 0 radical (unpaired) electrons. The second-order valence-corrected chi connectivity index (χ2v) is 7.56. The van der Waals surface area contributed by atoms with Crippen molar-refractivity contribution in [1.82, 2.24) is 5.32 Å². The number of carbonyl (C=O) groups excluding carboxylic acids is 2. The van der Waals surface area contributed by atoms with Crippen LogP contribution in [-0.4, -0.2) is 22.7 Å². The monoisotopic (exact) mass is 340 g/mol. The minimum absolute atomic E-state index is 0.179. The smallest absolute Gasteiger partial charge is 0.253 e. The number of nitrogens with one attached hydrogen (secondary N) is 2. The summed E-state index contributed by atoms with van der Waals surface area (Å²) in [5.41, 5.74) is 0.990. The first kappa shape index (κ1) is 16.7. The number of hydrogen-bond donors (Lipinski definition) is 2. The first-order valence-electron chi connectivity index (χ1n) is 6.59. The van der Waals surface area contributed by atoms with E-state index in [4.69, 9.17) is 0 Å². The first-order valence-corrected chi connectivity index (χ1v) is 7.38. The largest absolute Gasteiger partial charge is 0.352 e. The van der Waals surface area contributed by atoms with Crippen LogP contribution in [0, 0.1) is 5.92 Å². The summed E-state index contributed by atoms with van der Waals surface area (Å²) in [6.07, 6.45) is 0. The number of carbonyl (C=O) groups is 2. The maximum Gasteiger partial charge on any atom is 0.253 e. The van der Waals surface area contributed by atoms with Crippen molar-refractivity contribution in [3.8, 4) is 0 Å². The van der Waals surface area contributed by atoms with E-state index in [2.05, 4.69) is 26.6 Å². The molecular weight excluding hydrogens is 320 g/mol. The van der Waals surface area contributed by atoms with Crippen LogP contribution in [0.4, 0.5) is 5.69 Å². The van der Waals surface area contributed by atoms with E-state index in [1.54, 1.807) is 38.1 Å². The van der Waals surface area contributed by atoms with E-state index in [0.717, 1.165) is 0 Å². The Balaban J connectivity index is 2.88. The van der Waals surface area contributed by atoms with Gasteiger partial charge in [0, 0.05) is 6.54 Å². The summed E-state index contributed by atoms with van der Waals surface area (Å²) in [4.78, 5) is 24.1. The number of alkyl halides is 1. The molecule has 0 aliphatic heterocycles. The number of amides is 2. The SMILES string of the molecule is CC(C)CNC(=O)c1ccccc1NC(=O)C(C)(C)Br. The van der Waals surface area contributed by atoms with Gasteiger partial charge in [-0.05, 0) is 31.9 Å². The molecule has 0 aromatic heterocycles. The highest BCUT2D eigenvalue weighted by molar-refractivity contribution is 9.10. The number of rotatable bonds is 5. The molecule has 2 amide bonds. The number of anilines is 1. The lowest BCUT2D eigenvalue weighted by Crippen LogP contribution is -2.33. The molecule has 110 valence electrons. The van der Waals surface area contributed by atoms with Crippen LogP contribution < -0.4 is 10.6 Å². The molecule has 0 saturated carbocycles. The highest BCUT2D eigenvalue weighted by Crippen LogP contribution is 2.21. The predicted molar refractivity (Wildman–Crippen MR) is 85.2 cm³/mol. The second-order valence-electron chi connectivity index (χ2n) is 5.58. The standard InChI is InChI=1S/C15H21BrN2O2/c1-10(2)9-17-13(19)11-7-5-6-8-12(11)18-14(20)15(3,4)16/h5-8,10H,9H2,1-4H3,(H,17,19)(H,18,20). The van der Waals surface area contributed by atoms with Gasteiger partial charge < -0.3 is 10.6 Å². The fourth-order valence-corrected chi connectivity index (χ4v) is 1.55. The Morgan fingerprint density at radius 1 is 1.25 bits per heavy atom. The van der Waals surface area contributed by atoms with E-state index < -0.39 is 4.32 Å². The summed E-state index contributed by atoms with van der Waals surface area (Å²) < 4.78 is -0.686. The number of para-hydroxylation sites is 1. The highest BCUT2D eigenvalue weighted by Gasteiger charge is 2.24. The van der Waals surface area contributed by atoms with Crippen molar-refractivity contribution in [1.29, 1.82) is 0 Å². The third kappa shape index (κ3) is 4.96. The van der Waals surface area contributed by atoms with Gasteiger partial charge in [0.05, 0.1) is 15.6 Å². The zero-order valence-electron chi connectivity index (χ0n) is 12.3. The summed E-state index contributed by atoms with van der Waals surface area (Å²) in [7, 11) is 0. The Bertz CT molecular complexity index is 493. The molecule has 0 aliphatic rings. The van der Waals surface area contributed by atoms with E-state index in [1.807, 2.05) is 13.8 Å². The Hall–Kier alpha value is -1.36. The van der Waals surface area contributed by atoms with Gasteiger partial charge in [-0.3, -0.25) is 9.59 Å². The van der Waals surface area contributed by atoms with Crippen LogP contribution in [0.3, 0.4) is 0 Å². The molecule has 5 heteroatoms. The van der Waals surface area contributed by atoms with Crippen LogP contribution >= 0.6 is 15.9 Å². The maximum atomic E-state index is 12.1. The fraction of sp³-hybridized carbons (Fsp3) is 0.467. The lowest BCUT2D eigenvalue weighted by Gasteiger charge is -2.18. The molecule has 0 aliphatic carbocycles. The zero-order chi connectivity index (χ0) is 15.3. The number of hydrogen-bond acceptors (Lipinski definition) is 2. The van der Waals surface area contributed by atoms with Gasteiger partial charge in [-0.1, -0.05) is 41.9 Å². The van der Waals surface area contributed by atoms with Crippen molar-refractivity contribution in [2.75, 3.05) is 11.9 Å². The molecule has 1 rings (SSSR count). The molecule has 0 saturated heterocycles. The topological polar surface area (TPSA) is 58.2 Å². The lowest BCUT2D eigenvalue weighted by atomic mass is 10.1. The molecule has 0 heterocycles. The van der Waals surface area contributed by atoms with E-state index in [1.165, 1.54) is 0 Å². The average molecular weight is 341 g/mol. The van der Waals surface area contributed by atoms with Crippen LogP contribution in [0.5, 0.6) is 0 Å². The van der Waals surface area contributed by atoms with Crippen molar-refractivity contribution < 1.29 is 9.59 Å². The van der Waals surface area contributed by atoms with Crippen molar-refractivity contribution in [2.24, 2.45) is 5.92 Å². The number of benzene rings is 1. The summed E-state index contributed by atoms with van der Waals surface area (Å²) >= 11 is 3.30. The molecule has 0 spiro atoms. The third-order valence-corrected chi connectivity index (χ3v) is 2.99. The Morgan fingerprint density at radius 3 is 2.40 bits per heavy atom. The fourth-order valence-electron chi connectivity index (χ4n) is 1.45. The van der Waals surface area contributed by atoms with Gasteiger partial charge in [-0.2, -0.15) is 0 Å². The third-order valence-electron chi connectivity index (χ3n) is 2.63. The summed E-state index contributed by atoms with van der Waals surface area (Å²) in [6, 6.07) is 6.99. The summed E-state index contributed by atoms with van der Waals surface area (Å²) in [6.45, 7) is 8.17. The molecule has 0 atom stereocenters. The van der Waals surface area contributed by atoms with E-state index >= 15 is 0 Å². The molecule has 1 aromatic carbocycles. The zero-order valence-corrected chi connectivity index (χ0v) is 13.9. The van der Waals surface area contributed by atoms with Crippen LogP contribution in [0.1, 0.15) is 38.1 Å². The van der Waals surface area contributed by atoms with E-state index in [-0.39, 0.29) is 11.8 Å². The average Bonchev–Trinajstić information content (AvgIpc) is 2.35. The van der Waals surface area contributed by atoms with Gasteiger partial charge in [-0.25, -0.2) is 0 Å². The van der Waals surface area contributed by atoms with Gasteiger partial charge in [0.2, 0.25) is 5.91 Å². The van der Waals surface area contributed by atoms with Crippen molar-refractivity contribution >= 4 is 33.4 Å². The van der Waals surface area contributed by atoms with Crippen molar-refractivity contribution in [3.05, 3.63) is 29.8 Å². The number of halogens is 1. The van der Waals surface area contributed by atoms with E-state index in [9.17, 15) is 9.59 Å². The maximum absolute atomic E-state index is 12.1. The quantitative estimate of drug-likeness (QED) is 0.808. The minimum atomic E-state index is -0.686. The van der Waals surface area contributed by atoms with Gasteiger partial charge in [0.1, 0.15) is 0 Å². The molecule has 20 heavy (non-hydrogen) atoms. The van der Waals surface area contributed by atoms with Gasteiger partial charge in [0.15, 0.2) is 0 Å². The predicted octanol–water partition coefficient (Wildman–Crippen LogP) is 3.18. The lowest BCUT2D eigenvalue weighted by molar-refractivity contribution is -0.117. The van der Waals surface area contributed by atoms with Gasteiger partial charge in [-0.15, -0.1) is 0 Å². The molecule has 1 aromatic rings. The minimum Gasteiger partial charge on any atom is -0.352 e. The van der Waals surface area contributed by atoms with Crippen molar-refractivity contribution in [3.63, 3.8) is 0 Å². The summed E-state index contributed by atoms with van der Waals surface area (Å²) in [5, 5.41) is 5.62. The summed E-state index contributed by atoms with van der Waals surface area (Å²) in [5.74, 6) is 0.00534. The Labute approximate surface area is 128 Å². The Morgan fingerprint density at radius 2 is 1.85 bits per heavy atom. The molecule has 0 bridgehead atoms. The van der Waals surface area contributed by atoms with Crippen LogP contribution in [0.25, 0.3) is 0 Å². The van der Waals surface area contributed by atoms with Gasteiger partial charge >= 0.3 is 0 Å². The van der Waals surface area contributed by atoms with E-state index in [0.29, 0.717) is 23.7 Å². The normalized spacial score (nSPS) is 11.3. The second kappa shape index (κ2) is 6.88. The molecule has 4 nitrogen and oxygen atoms in total. The first-order chi connectivity index (χ1) is 9.21. The van der Waals surface area contributed by atoms with Crippen LogP contribution in [-0.2, 0) is 4.79 Å². The molecule has 0 unspecified atom stereocenters. The highest BCUT2D eigenvalue weighted by atomic mass is 79.9. The Kier molecular flexibility index (Phi) is 5.74. The van der Waals surface area contributed by atoms with Crippen LogP contribution in [0.15, 0.2) is 24.3 Å². The van der Waals surface area contributed by atoms with Gasteiger partial charge in [0.25, 0.3) is 5.91 Å².